The van der Waals surface area contributed by atoms with Crippen LogP contribution in [-0.4, -0.2) is 35.4 Å². The molecule has 0 heterocycles. The van der Waals surface area contributed by atoms with Crippen molar-refractivity contribution in [2.75, 3.05) is 18.9 Å². The van der Waals surface area contributed by atoms with E-state index in [0.29, 0.717) is 5.69 Å². The molecule has 1 aromatic rings. The van der Waals surface area contributed by atoms with Crippen molar-refractivity contribution >= 4 is 23.3 Å². The van der Waals surface area contributed by atoms with Gasteiger partial charge in [-0.15, -0.1) is 0 Å². The molecule has 1 aromatic carbocycles. The number of nitrogens with one attached hydrogen (secondary N) is 1. The SMILES string of the molecule is CN(CC(N)=O)C(=O)Nc1ccc([N+](=O)[O-])cc1. The Hall–Kier alpha value is -2.64. The van der Waals surface area contributed by atoms with Crippen LogP contribution in [0.5, 0.6) is 0 Å². The lowest BCUT2D eigenvalue weighted by atomic mass is 10.3. The van der Waals surface area contributed by atoms with Crippen molar-refractivity contribution in [1.82, 2.24) is 4.90 Å². The van der Waals surface area contributed by atoms with Gasteiger partial charge in [-0.2, -0.15) is 0 Å². The third kappa shape index (κ3) is 3.74. The standard InChI is InChI=1S/C10H12N4O4/c1-13(6-9(11)15)10(16)12-7-2-4-8(5-3-7)14(17)18/h2-5H,6H2,1H3,(H2,11,15)(H,12,16). The lowest BCUT2D eigenvalue weighted by molar-refractivity contribution is -0.384. The first-order valence-electron chi connectivity index (χ1n) is 4.95. The first-order valence-corrected chi connectivity index (χ1v) is 4.95. The zero-order chi connectivity index (χ0) is 13.7. The van der Waals surface area contributed by atoms with Gasteiger partial charge in [-0.1, -0.05) is 0 Å². The quantitative estimate of drug-likeness (QED) is 0.600. The number of hydrogen-bond donors (Lipinski definition) is 2. The summed E-state index contributed by atoms with van der Waals surface area (Å²) in [5.74, 6) is -0.628. The van der Waals surface area contributed by atoms with Crippen molar-refractivity contribution in [3.05, 3.63) is 34.4 Å². The van der Waals surface area contributed by atoms with Gasteiger partial charge in [-0.25, -0.2) is 4.79 Å². The number of nitrogens with two attached hydrogens (primary N) is 1. The van der Waals surface area contributed by atoms with Crippen LogP contribution in [0.1, 0.15) is 0 Å². The summed E-state index contributed by atoms with van der Waals surface area (Å²) in [4.78, 5) is 33.1. The van der Waals surface area contributed by atoms with Crippen LogP contribution in [-0.2, 0) is 4.79 Å². The molecular weight excluding hydrogens is 240 g/mol. The molecule has 0 fully saturated rings. The third-order valence-corrected chi connectivity index (χ3v) is 2.07. The van der Waals surface area contributed by atoms with Crippen molar-refractivity contribution in [3.8, 4) is 0 Å². The summed E-state index contributed by atoms with van der Waals surface area (Å²) in [5, 5.41) is 12.9. The molecule has 1 rings (SSSR count). The van der Waals surface area contributed by atoms with Crippen molar-refractivity contribution < 1.29 is 14.5 Å². The Morgan fingerprint density at radius 1 is 1.39 bits per heavy atom. The number of anilines is 1. The zero-order valence-corrected chi connectivity index (χ0v) is 9.62. The third-order valence-electron chi connectivity index (χ3n) is 2.07. The smallest absolute Gasteiger partial charge is 0.322 e. The number of rotatable bonds is 4. The predicted molar refractivity (Wildman–Crippen MR) is 63.9 cm³/mol. The Bertz CT molecular complexity index is 471. The molecule has 3 amide bonds. The lowest BCUT2D eigenvalue weighted by Crippen LogP contribution is -2.38. The molecule has 8 nitrogen and oxygen atoms in total. The molecule has 0 radical (unpaired) electrons. The number of nitro benzene ring substituents is 1. The highest BCUT2D eigenvalue weighted by molar-refractivity contribution is 5.91. The first-order chi connectivity index (χ1) is 8.40. The molecular formula is C10H12N4O4. The second-order valence-corrected chi connectivity index (χ2v) is 3.56. The van der Waals surface area contributed by atoms with E-state index in [2.05, 4.69) is 5.32 Å². The molecule has 0 bridgehead atoms. The monoisotopic (exact) mass is 252 g/mol. The number of amides is 3. The van der Waals surface area contributed by atoms with Gasteiger partial charge in [-0.3, -0.25) is 14.9 Å². The maximum Gasteiger partial charge on any atom is 0.322 e. The summed E-state index contributed by atoms with van der Waals surface area (Å²) in [6.07, 6.45) is 0. The predicted octanol–water partition coefficient (Wildman–Crippen LogP) is 0.544. The molecule has 3 N–H and O–H groups in total. The molecule has 8 heteroatoms. The highest BCUT2D eigenvalue weighted by atomic mass is 16.6. The van der Waals surface area contributed by atoms with Gasteiger partial charge in [-0.05, 0) is 12.1 Å². The molecule has 0 aliphatic heterocycles. The van der Waals surface area contributed by atoms with Crippen LogP contribution in [0, 0.1) is 10.1 Å². The Kier molecular flexibility index (Phi) is 4.19. The van der Waals surface area contributed by atoms with E-state index in [0.717, 1.165) is 4.90 Å². The number of primary amides is 1. The zero-order valence-electron chi connectivity index (χ0n) is 9.62. The minimum absolute atomic E-state index is 0.0708. The van der Waals surface area contributed by atoms with Crippen LogP contribution in [0.4, 0.5) is 16.2 Å². The Balaban J connectivity index is 2.64. The van der Waals surface area contributed by atoms with E-state index in [1.165, 1.54) is 31.3 Å². The molecule has 0 unspecified atom stereocenters. The molecule has 0 atom stereocenters. The van der Waals surface area contributed by atoms with Gasteiger partial charge in [0.15, 0.2) is 0 Å². The van der Waals surface area contributed by atoms with Crippen LogP contribution in [0.2, 0.25) is 0 Å². The number of likely N-dealkylation sites (N-methyl/N-ethyl adjacent to an activating group) is 1. The largest absolute Gasteiger partial charge is 0.368 e. The van der Waals surface area contributed by atoms with Crippen molar-refractivity contribution in [2.45, 2.75) is 0 Å². The molecule has 0 aliphatic rings. The van der Waals surface area contributed by atoms with Gasteiger partial charge in [0, 0.05) is 24.9 Å². The summed E-state index contributed by atoms with van der Waals surface area (Å²) in [5.41, 5.74) is 5.26. The van der Waals surface area contributed by atoms with E-state index in [9.17, 15) is 19.7 Å². The van der Waals surface area contributed by atoms with E-state index in [1.807, 2.05) is 0 Å². The maximum atomic E-state index is 11.5. The van der Waals surface area contributed by atoms with Crippen LogP contribution >= 0.6 is 0 Å². The Morgan fingerprint density at radius 3 is 2.39 bits per heavy atom. The Labute approximate surface area is 103 Å². The van der Waals surface area contributed by atoms with Gasteiger partial charge in [0.25, 0.3) is 5.69 Å². The van der Waals surface area contributed by atoms with Gasteiger partial charge in [0.05, 0.1) is 4.92 Å². The van der Waals surface area contributed by atoms with E-state index in [1.54, 1.807) is 0 Å². The highest BCUT2D eigenvalue weighted by Crippen LogP contribution is 2.15. The van der Waals surface area contributed by atoms with E-state index in [-0.39, 0.29) is 12.2 Å². The highest BCUT2D eigenvalue weighted by Gasteiger charge is 2.11. The van der Waals surface area contributed by atoms with E-state index < -0.39 is 16.9 Å². The van der Waals surface area contributed by atoms with E-state index >= 15 is 0 Å². The van der Waals surface area contributed by atoms with Gasteiger partial charge >= 0.3 is 6.03 Å². The molecule has 0 spiro atoms. The van der Waals surface area contributed by atoms with Gasteiger partial charge in [0.1, 0.15) is 6.54 Å². The van der Waals surface area contributed by atoms with Gasteiger partial charge in [0.2, 0.25) is 5.91 Å². The molecule has 18 heavy (non-hydrogen) atoms. The van der Waals surface area contributed by atoms with Crippen LogP contribution in [0.15, 0.2) is 24.3 Å². The lowest BCUT2D eigenvalue weighted by Gasteiger charge is -2.15. The number of urea groups is 1. The number of nitro groups is 1. The molecule has 96 valence electrons. The molecule has 0 saturated heterocycles. The molecule has 0 aliphatic carbocycles. The number of nitrogens with zero attached hydrogens (tertiary/aromatic N) is 2. The number of carbonyl (C=O) groups excluding carboxylic acids is 2. The second kappa shape index (κ2) is 5.62. The normalized spacial score (nSPS) is 9.61. The Morgan fingerprint density at radius 2 is 1.94 bits per heavy atom. The fraction of sp³-hybridized carbons (Fsp3) is 0.200. The summed E-state index contributed by atoms with van der Waals surface area (Å²) in [6, 6.07) is 4.80. The number of benzene rings is 1. The fourth-order valence-corrected chi connectivity index (χ4v) is 1.19. The van der Waals surface area contributed by atoms with Gasteiger partial charge < -0.3 is 16.0 Å². The maximum absolute atomic E-state index is 11.5. The van der Waals surface area contributed by atoms with Crippen LogP contribution in [0.25, 0.3) is 0 Å². The second-order valence-electron chi connectivity index (χ2n) is 3.56. The first kappa shape index (κ1) is 13.4. The minimum Gasteiger partial charge on any atom is -0.368 e. The summed E-state index contributed by atoms with van der Waals surface area (Å²) in [6.45, 7) is -0.210. The van der Waals surface area contributed by atoms with Crippen molar-refractivity contribution in [1.29, 1.82) is 0 Å². The van der Waals surface area contributed by atoms with Crippen molar-refractivity contribution in [2.24, 2.45) is 5.73 Å². The summed E-state index contributed by atoms with van der Waals surface area (Å²) >= 11 is 0. The molecule has 0 saturated carbocycles. The summed E-state index contributed by atoms with van der Waals surface area (Å²) < 4.78 is 0. The molecule has 0 aromatic heterocycles. The fourth-order valence-electron chi connectivity index (χ4n) is 1.19. The summed E-state index contributed by atoms with van der Waals surface area (Å²) in [7, 11) is 1.41. The topological polar surface area (TPSA) is 119 Å². The minimum atomic E-state index is -0.628. The average Bonchev–Trinajstić information content (AvgIpc) is 2.28. The number of carbonyl (C=O) groups is 2. The number of hydrogen-bond acceptors (Lipinski definition) is 4. The van der Waals surface area contributed by atoms with Crippen molar-refractivity contribution in [3.63, 3.8) is 0 Å². The van der Waals surface area contributed by atoms with Crippen LogP contribution < -0.4 is 11.1 Å². The average molecular weight is 252 g/mol. The van der Waals surface area contributed by atoms with E-state index in [4.69, 9.17) is 5.73 Å². The van der Waals surface area contributed by atoms with Crippen LogP contribution in [0.3, 0.4) is 0 Å². The number of non-ortho nitro benzene ring substituents is 1.